The van der Waals surface area contributed by atoms with Crippen molar-refractivity contribution in [2.24, 2.45) is 0 Å². The highest BCUT2D eigenvalue weighted by molar-refractivity contribution is 5.67. The van der Waals surface area contributed by atoms with Crippen LogP contribution in [0.2, 0.25) is 0 Å². The molecule has 0 amide bonds. The molecule has 1 heterocycles. The Morgan fingerprint density at radius 2 is 1.93 bits per heavy atom. The van der Waals surface area contributed by atoms with Gasteiger partial charge in [-0.05, 0) is 11.6 Å². The summed E-state index contributed by atoms with van der Waals surface area (Å²) >= 11 is 0. The van der Waals surface area contributed by atoms with E-state index >= 15 is 0 Å². The molecular weight excluding hydrogens is 184 g/mol. The largest absolute Gasteiger partial charge is 0.356 e. The first-order valence-electron chi connectivity index (χ1n) is 4.39. The van der Waals surface area contributed by atoms with Crippen molar-refractivity contribution in [2.45, 2.75) is 19.3 Å². The van der Waals surface area contributed by atoms with Gasteiger partial charge in [-0.2, -0.15) is 0 Å². The Morgan fingerprint density at radius 3 is 2.57 bits per heavy atom. The van der Waals surface area contributed by atoms with Gasteiger partial charge in [-0.25, -0.2) is 8.78 Å². The third kappa shape index (κ3) is 1.05. The summed E-state index contributed by atoms with van der Waals surface area (Å²) < 4.78 is 26.3. The van der Waals surface area contributed by atoms with Gasteiger partial charge in [0.2, 0.25) is 0 Å². The third-order valence-electron chi connectivity index (χ3n) is 2.76. The van der Waals surface area contributed by atoms with E-state index in [9.17, 15) is 8.78 Å². The van der Waals surface area contributed by atoms with Gasteiger partial charge in [-0.15, -0.1) is 0 Å². The molecule has 0 aromatic heterocycles. The molecule has 0 aliphatic carbocycles. The minimum Gasteiger partial charge on any atom is -0.356 e. The molecule has 1 N–H and O–H groups in total. The van der Waals surface area contributed by atoms with Gasteiger partial charge in [-0.1, -0.05) is 20.4 Å². The first-order chi connectivity index (χ1) is 6.43. The molecule has 1 aromatic rings. The number of nitrogens with one attached hydrogen (secondary N) is 1. The fourth-order valence-corrected chi connectivity index (χ4v) is 1.66. The summed E-state index contributed by atoms with van der Waals surface area (Å²) in [7, 11) is 0. The van der Waals surface area contributed by atoms with Gasteiger partial charge >= 0.3 is 0 Å². The first kappa shape index (κ1) is 9.19. The van der Waals surface area contributed by atoms with Crippen LogP contribution >= 0.6 is 0 Å². The summed E-state index contributed by atoms with van der Waals surface area (Å²) in [4.78, 5) is 0. The molecular formula is C11H11F2N. The molecule has 0 bridgehead atoms. The SMILES string of the molecule is C=C1Nc2c(F)cc(F)cc2C1(C)C. The van der Waals surface area contributed by atoms with Gasteiger partial charge in [0.25, 0.3) is 0 Å². The highest BCUT2D eigenvalue weighted by atomic mass is 19.1. The standard InChI is InChI=1S/C11H11F2N/c1-6-11(2,3)8-4-7(12)5-9(13)10(8)14-6/h4-5,14H,1H2,2-3H3. The van der Waals surface area contributed by atoms with E-state index in [1.165, 1.54) is 6.07 Å². The molecule has 0 fully saturated rings. The van der Waals surface area contributed by atoms with Crippen LogP contribution in [0.3, 0.4) is 0 Å². The van der Waals surface area contributed by atoms with Crippen molar-refractivity contribution < 1.29 is 8.78 Å². The number of anilines is 1. The zero-order chi connectivity index (χ0) is 10.5. The number of hydrogen-bond donors (Lipinski definition) is 1. The molecule has 0 saturated heterocycles. The van der Waals surface area contributed by atoms with Crippen molar-refractivity contribution in [3.63, 3.8) is 0 Å². The van der Waals surface area contributed by atoms with Gasteiger partial charge in [0.05, 0.1) is 5.69 Å². The van der Waals surface area contributed by atoms with Crippen molar-refractivity contribution in [2.75, 3.05) is 5.32 Å². The lowest BCUT2D eigenvalue weighted by atomic mass is 9.84. The molecule has 0 radical (unpaired) electrons. The van der Waals surface area contributed by atoms with Gasteiger partial charge in [0.15, 0.2) is 0 Å². The molecule has 0 unspecified atom stereocenters. The van der Waals surface area contributed by atoms with Crippen LogP contribution in [0, 0.1) is 11.6 Å². The summed E-state index contributed by atoms with van der Waals surface area (Å²) in [5, 5.41) is 2.85. The molecule has 74 valence electrons. The number of halogens is 2. The van der Waals surface area contributed by atoms with E-state index in [-0.39, 0.29) is 0 Å². The lowest BCUT2D eigenvalue weighted by molar-refractivity contribution is 0.575. The Hall–Kier alpha value is -1.38. The smallest absolute Gasteiger partial charge is 0.149 e. The van der Waals surface area contributed by atoms with Crippen molar-refractivity contribution in [3.8, 4) is 0 Å². The maximum Gasteiger partial charge on any atom is 0.149 e. The zero-order valence-electron chi connectivity index (χ0n) is 8.12. The predicted molar refractivity (Wildman–Crippen MR) is 52.1 cm³/mol. The Balaban J connectivity index is 2.71. The number of rotatable bonds is 0. The summed E-state index contributed by atoms with van der Waals surface area (Å²) in [6.07, 6.45) is 0. The highest BCUT2D eigenvalue weighted by Gasteiger charge is 2.35. The molecule has 0 spiro atoms. The molecule has 1 aromatic carbocycles. The molecule has 3 heteroatoms. The topological polar surface area (TPSA) is 12.0 Å². The van der Waals surface area contributed by atoms with Crippen molar-refractivity contribution >= 4 is 5.69 Å². The second-order valence-corrected chi connectivity index (χ2v) is 4.04. The van der Waals surface area contributed by atoms with E-state index in [0.29, 0.717) is 16.9 Å². The third-order valence-corrected chi connectivity index (χ3v) is 2.76. The second-order valence-electron chi connectivity index (χ2n) is 4.04. The Labute approximate surface area is 81.4 Å². The molecule has 0 saturated carbocycles. The average Bonchev–Trinajstić information content (AvgIpc) is 2.28. The van der Waals surface area contributed by atoms with Crippen LogP contribution in [0.4, 0.5) is 14.5 Å². The van der Waals surface area contributed by atoms with E-state index in [1.807, 2.05) is 13.8 Å². The van der Waals surface area contributed by atoms with Crippen LogP contribution in [-0.4, -0.2) is 0 Å². The van der Waals surface area contributed by atoms with E-state index in [2.05, 4.69) is 11.9 Å². The number of allylic oxidation sites excluding steroid dienone is 1. The van der Waals surface area contributed by atoms with Crippen LogP contribution in [0.1, 0.15) is 19.4 Å². The number of fused-ring (bicyclic) bond motifs is 1. The number of benzene rings is 1. The van der Waals surface area contributed by atoms with Gasteiger partial charge in [0, 0.05) is 17.2 Å². The Morgan fingerprint density at radius 1 is 1.29 bits per heavy atom. The van der Waals surface area contributed by atoms with Crippen LogP contribution in [0.15, 0.2) is 24.4 Å². The average molecular weight is 195 g/mol. The van der Waals surface area contributed by atoms with Crippen LogP contribution in [0.5, 0.6) is 0 Å². The lowest BCUT2D eigenvalue weighted by Crippen LogP contribution is -2.16. The Kier molecular flexibility index (Phi) is 1.68. The van der Waals surface area contributed by atoms with E-state index in [4.69, 9.17) is 0 Å². The summed E-state index contributed by atoms with van der Waals surface area (Å²) in [6, 6.07) is 2.23. The van der Waals surface area contributed by atoms with Crippen LogP contribution in [-0.2, 0) is 5.41 Å². The van der Waals surface area contributed by atoms with Crippen LogP contribution in [0.25, 0.3) is 0 Å². The Bertz CT molecular complexity index is 422. The van der Waals surface area contributed by atoms with E-state index in [0.717, 1.165) is 6.07 Å². The minimum absolute atomic E-state index is 0.349. The molecule has 1 nitrogen and oxygen atoms in total. The van der Waals surface area contributed by atoms with Crippen molar-refractivity contribution in [1.82, 2.24) is 0 Å². The van der Waals surface area contributed by atoms with E-state index in [1.54, 1.807) is 0 Å². The quantitative estimate of drug-likeness (QED) is 0.670. The fraction of sp³-hybridized carbons (Fsp3) is 0.273. The summed E-state index contributed by atoms with van der Waals surface area (Å²) in [6.45, 7) is 7.56. The molecule has 2 rings (SSSR count). The highest BCUT2D eigenvalue weighted by Crippen LogP contribution is 2.43. The number of hydrogen-bond acceptors (Lipinski definition) is 1. The molecule has 14 heavy (non-hydrogen) atoms. The zero-order valence-corrected chi connectivity index (χ0v) is 8.12. The summed E-state index contributed by atoms with van der Waals surface area (Å²) in [5.41, 5.74) is 1.25. The maximum atomic E-state index is 13.3. The molecule has 1 aliphatic heterocycles. The molecule has 1 aliphatic rings. The predicted octanol–water partition coefficient (Wildman–Crippen LogP) is 3.18. The monoisotopic (exact) mass is 195 g/mol. The van der Waals surface area contributed by atoms with Gasteiger partial charge in [0.1, 0.15) is 11.6 Å². The summed E-state index contributed by atoms with van der Waals surface area (Å²) in [5.74, 6) is -1.11. The second kappa shape index (κ2) is 2.56. The maximum absolute atomic E-state index is 13.3. The van der Waals surface area contributed by atoms with E-state index < -0.39 is 17.0 Å². The van der Waals surface area contributed by atoms with Crippen molar-refractivity contribution in [3.05, 3.63) is 41.6 Å². The van der Waals surface area contributed by atoms with Gasteiger partial charge < -0.3 is 5.32 Å². The normalized spacial score (nSPS) is 17.9. The first-order valence-corrected chi connectivity index (χ1v) is 4.39. The molecule has 0 atom stereocenters. The lowest BCUT2D eigenvalue weighted by Gasteiger charge is -2.18. The fourth-order valence-electron chi connectivity index (χ4n) is 1.66. The minimum atomic E-state index is -0.563. The van der Waals surface area contributed by atoms with Gasteiger partial charge in [-0.3, -0.25) is 0 Å². The van der Waals surface area contributed by atoms with Crippen LogP contribution < -0.4 is 5.32 Å². The van der Waals surface area contributed by atoms with Crippen molar-refractivity contribution in [1.29, 1.82) is 0 Å².